The van der Waals surface area contributed by atoms with E-state index in [1.165, 1.54) is 6.20 Å². The predicted octanol–water partition coefficient (Wildman–Crippen LogP) is 1.67. The Kier molecular flexibility index (Phi) is 5.49. The van der Waals surface area contributed by atoms with E-state index < -0.39 is 5.97 Å². The van der Waals surface area contributed by atoms with Crippen molar-refractivity contribution < 1.29 is 14.7 Å². The summed E-state index contributed by atoms with van der Waals surface area (Å²) in [5.74, 6) is -1.11. The molecule has 0 saturated heterocycles. The summed E-state index contributed by atoms with van der Waals surface area (Å²) in [4.78, 5) is 26.4. The van der Waals surface area contributed by atoms with E-state index in [4.69, 9.17) is 10.8 Å². The second kappa shape index (κ2) is 6.88. The number of nitrogens with one attached hydrogen (secondary N) is 1. The molecule has 6 nitrogen and oxygen atoms in total. The molecule has 0 aliphatic heterocycles. The number of carboxylic acids is 1. The topological polar surface area (TPSA) is 105 Å². The highest BCUT2D eigenvalue weighted by Gasteiger charge is 2.19. The molecule has 4 N–H and O–H groups in total. The molecule has 110 valence electrons. The van der Waals surface area contributed by atoms with Crippen LogP contribution in [0.25, 0.3) is 0 Å². The van der Waals surface area contributed by atoms with Gasteiger partial charge >= 0.3 is 5.97 Å². The van der Waals surface area contributed by atoms with Crippen molar-refractivity contribution in [2.45, 2.75) is 33.1 Å². The maximum Gasteiger partial charge on any atom is 0.303 e. The molecule has 0 aliphatic rings. The Morgan fingerprint density at radius 1 is 1.40 bits per heavy atom. The molecule has 0 fully saturated rings. The summed E-state index contributed by atoms with van der Waals surface area (Å²) < 4.78 is 0. The predicted molar refractivity (Wildman–Crippen MR) is 76.3 cm³/mol. The molecule has 0 spiro atoms. The minimum Gasteiger partial charge on any atom is -0.481 e. The van der Waals surface area contributed by atoms with Crippen molar-refractivity contribution in [3.05, 3.63) is 24.0 Å². The molecule has 6 heteroatoms. The van der Waals surface area contributed by atoms with Gasteiger partial charge in [0.1, 0.15) is 0 Å². The lowest BCUT2D eigenvalue weighted by atomic mass is 9.84. The molecule has 1 aromatic heterocycles. The zero-order chi connectivity index (χ0) is 15.2. The molecule has 1 heterocycles. The molecule has 20 heavy (non-hydrogen) atoms. The number of rotatable bonds is 7. The number of aromatic nitrogens is 1. The number of anilines is 1. The quantitative estimate of drug-likeness (QED) is 0.704. The van der Waals surface area contributed by atoms with Gasteiger partial charge in [0.2, 0.25) is 0 Å². The normalized spacial score (nSPS) is 11.1. The summed E-state index contributed by atoms with van der Waals surface area (Å²) in [7, 11) is 0. The van der Waals surface area contributed by atoms with Crippen molar-refractivity contribution >= 4 is 17.6 Å². The van der Waals surface area contributed by atoms with Gasteiger partial charge in [0.25, 0.3) is 5.91 Å². The first-order chi connectivity index (χ1) is 9.32. The van der Waals surface area contributed by atoms with E-state index in [1.54, 1.807) is 12.1 Å². The zero-order valence-electron chi connectivity index (χ0n) is 11.8. The number of hydrogen-bond donors (Lipinski definition) is 3. The fourth-order valence-electron chi connectivity index (χ4n) is 1.78. The molecule has 0 bridgehead atoms. The summed E-state index contributed by atoms with van der Waals surface area (Å²) in [6, 6.07) is 3.29. The number of carbonyl (C=O) groups is 2. The monoisotopic (exact) mass is 279 g/mol. The maximum atomic E-state index is 11.9. The van der Waals surface area contributed by atoms with E-state index in [0.717, 1.165) is 0 Å². The van der Waals surface area contributed by atoms with Crippen LogP contribution in [-0.2, 0) is 4.79 Å². The number of nitrogen functional groups attached to an aromatic ring is 1. The van der Waals surface area contributed by atoms with Crippen molar-refractivity contribution in [3.63, 3.8) is 0 Å². The van der Waals surface area contributed by atoms with Crippen LogP contribution in [0.2, 0.25) is 0 Å². The van der Waals surface area contributed by atoms with Gasteiger partial charge in [0.15, 0.2) is 5.69 Å². The molecular formula is C14H21N3O3. The highest BCUT2D eigenvalue weighted by molar-refractivity contribution is 5.96. The SMILES string of the molecule is CC(C)(CCNC(=O)c1ncccc1N)CCC(=O)O. The summed E-state index contributed by atoms with van der Waals surface area (Å²) in [5, 5.41) is 11.4. The first kappa shape index (κ1) is 15.9. The average Bonchev–Trinajstić information content (AvgIpc) is 2.37. The van der Waals surface area contributed by atoms with Crippen molar-refractivity contribution in [2.24, 2.45) is 5.41 Å². The van der Waals surface area contributed by atoms with Gasteiger partial charge in [0, 0.05) is 19.2 Å². The maximum absolute atomic E-state index is 11.9. The van der Waals surface area contributed by atoms with Gasteiger partial charge in [-0.05, 0) is 30.4 Å². The summed E-state index contributed by atoms with van der Waals surface area (Å²) in [5.41, 5.74) is 6.09. The van der Waals surface area contributed by atoms with Gasteiger partial charge in [0.05, 0.1) is 5.69 Å². The van der Waals surface area contributed by atoms with E-state index in [-0.39, 0.29) is 23.4 Å². The first-order valence-electron chi connectivity index (χ1n) is 6.52. The molecule has 1 rings (SSSR count). The number of nitrogens with zero attached hydrogens (tertiary/aromatic N) is 1. The van der Waals surface area contributed by atoms with Crippen LogP contribution in [-0.4, -0.2) is 28.5 Å². The Morgan fingerprint density at radius 2 is 2.10 bits per heavy atom. The Bertz CT molecular complexity index is 486. The first-order valence-corrected chi connectivity index (χ1v) is 6.52. The molecule has 0 unspecified atom stereocenters. The number of pyridine rings is 1. The lowest BCUT2D eigenvalue weighted by molar-refractivity contribution is -0.137. The number of amides is 1. The van der Waals surface area contributed by atoms with Crippen LogP contribution >= 0.6 is 0 Å². The van der Waals surface area contributed by atoms with E-state index in [0.29, 0.717) is 25.1 Å². The number of aliphatic carboxylic acids is 1. The smallest absolute Gasteiger partial charge is 0.303 e. The van der Waals surface area contributed by atoms with Crippen LogP contribution in [0.15, 0.2) is 18.3 Å². The highest BCUT2D eigenvalue weighted by Crippen LogP contribution is 2.26. The fraction of sp³-hybridized carbons (Fsp3) is 0.500. The van der Waals surface area contributed by atoms with Gasteiger partial charge in [-0.1, -0.05) is 13.8 Å². The minimum absolute atomic E-state index is 0.133. The van der Waals surface area contributed by atoms with E-state index in [2.05, 4.69) is 10.3 Å². The lowest BCUT2D eigenvalue weighted by Crippen LogP contribution is -2.29. The van der Waals surface area contributed by atoms with E-state index in [1.807, 2.05) is 13.8 Å². The summed E-state index contributed by atoms with van der Waals surface area (Å²) in [6.07, 6.45) is 2.92. The van der Waals surface area contributed by atoms with Crippen LogP contribution in [0, 0.1) is 5.41 Å². The third-order valence-corrected chi connectivity index (χ3v) is 3.16. The molecule has 0 saturated carbocycles. The second-order valence-corrected chi connectivity index (χ2v) is 5.51. The second-order valence-electron chi connectivity index (χ2n) is 5.51. The van der Waals surface area contributed by atoms with Crippen molar-refractivity contribution in [3.8, 4) is 0 Å². The number of carboxylic acid groups (broad SMARTS) is 1. The number of hydrogen-bond acceptors (Lipinski definition) is 4. The Morgan fingerprint density at radius 3 is 2.70 bits per heavy atom. The van der Waals surface area contributed by atoms with Crippen molar-refractivity contribution in [1.29, 1.82) is 0 Å². The lowest BCUT2D eigenvalue weighted by Gasteiger charge is -2.23. The highest BCUT2D eigenvalue weighted by atomic mass is 16.4. The minimum atomic E-state index is -0.802. The summed E-state index contributed by atoms with van der Waals surface area (Å²) in [6.45, 7) is 4.43. The van der Waals surface area contributed by atoms with Crippen LogP contribution < -0.4 is 11.1 Å². The van der Waals surface area contributed by atoms with Gasteiger partial charge in [-0.2, -0.15) is 0 Å². The summed E-state index contributed by atoms with van der Waals surface area (Å²) >= 11 is 0. The number of nitrogens with two attached hydrogens (primary N) is 1. The van der Waals surface area contributed by atoms with Gasteiger partial charge in [-0.3, -0.25) is 9.59 Å². The fourth-order valence-corrected chi connectivity index (χ4v) is 1.78. The molecule has 0 aliphatic carbocycles. The van der Waals surface area contributed by atoms with Crippen LogP contribution in [0.3, 0.4) is 0 Å². The van der Waals surface area contributed by atoms with Crippen LogP contribution in [0.5, 0.6) is 0 Å². The van der Waals surface area contributed by atoms with Crippen molar-refractivity contribution in [2.75, 3.05) is 12.3 Å². The molecule has 0 radical (unpaired) electrons. The third kappa shape index (κ3) is 5.26. The standard InChI is InChI=1S/C14H21N3O3/c1-14(2,6-5-11(18)19)7-9-17-13(20)12-10(15)4-3-8-16-12/h3-4,8H,5-7,9,15H2,1-2H3,(H,17,20)(H,18,19). The van der Waals surface area contributed by atoms with E-state index >= 15 is 0 Å². The van der Waals surface area contributed by atoms with Gasteiger partial charge in [-0.25, -0.2) is 4.98 Å². The van der Waals surface area contributed by atoms with E-state index in [9.17, 15) is 9.59 Å². The third-order valence-electron chi connectivity index (χ3n) is 3.16. The molecule has 1 amide bonds. The Balaban J connectivity index is 2.42. The number of carbonyl (C=O) groups excluding carboxylic acids is 1. The van der Waals surface area contributed by atoms with Gasteiger partial charge in [-0.15, -0.1) is 0 Å². The molecule has 0 atom stereocenters. The molecule has 1 aromatic rings. The zero-order valence-corrected chi connectivity index (χ0v) is 11.8. The molecular weight excluding hydrogens is 258 g/mol. The Labute approximate surface area is 118 Å². The Hall–Kier alpha value is -2.11. The van der Waals surface area contributed by atoms with Gasteiger partial charge < -0.3 is 16.2 Å². The van der Waals surface area contributed by atoms with Crippen LogP contribution in [0.4, 0.5) is 5.69 Å². The van der Waals surface area contributed by atoms with Crippen molar-refractivity contribution in [1.82, 2.24) is 10.3 Å². The van der Waals surface area contributed by atoms with Crippen LogP contribution in [0.1, 0.15) is 43.6 Å². The average molecular weight is 279 g/mol. The largest absolute Gasteiger partial charge is 0.481 e. The molecule has 0 aromatic carbocycles.